The van der Waals surface area contributed by atoms with Crippen LogP contribution in [0.3, 0.4) is 0 Å². The monoisotopic (exact) mass is 205 g/mol. The Bertz CT molecular complexity index is 251. The van der Waals surface area contributed by atoms with Crippen molar-refractivity contribution in [2.45, 2.75) is 26.7 Å². The van der Waals surface area contributed by atoms with E-state index >= 15 is 0 Å². The van der Waals surface area contributed by atoms with E-state index in [9.17, 15) is 17.6 Å². The number of rotatable bonds is 4. The number of halogens is 4. The molecular weight excluding hydrogens is 196 g/mol. The van der Waals surface area contributed by atoms with Gasteiger partial charge < -0.3 is 0 Å². The summed E-state index contributed by atoms with van der Waals surface area (Å²) in [5.41, 5.74) is 0.0180. The summed E-state index contributed by atoms with van der Waals surface area (Å²) in [7, 11) is 0. The zero-order chi connectivity index (χ0) is 10.6. The van der Waals surface area contributed by atoms with Crippen LogP contribution in [-0.2, 0) is 26.7 Å². The van der Waals surface area contributed by atoms with Crippen molar-refractivity contribution in [2.24, 2.45) is 0 Å². The topological polar surface area (TPSA) is 0 Å². The molecule has 0 heterocycles. The molecule has 77 valence electrons. The van der Waals surface area contributed by atoms with Crippen molar-refractivity contribution in [3.8, 4) is 0 Å². The molecule has 0 spiro atoms. The molecule has 0 saturated heterocycles. The lowest BCUT2D eigenvalue weighted by atomic mass is 10.0. The minimum absolute atomic E-state index is 0.0302. The molecule has 0 aliphatic carbocycles. The van der Waals surface area contributed by atoms with Gasteiger partial charge >= 0.3 is 0 Å². The van der Waals surface area contributed by atoms with Crippen molar-refractivity contribution >= 4 is 0 Å². The minimum Gasteiger partial charge on any atom is -0.246 e. The molecule has 0 unspecified atom stereocenters. The third kappa shape index (κ3) is 2.05. The average molecular weight is 205 g/mol. The Morgan fingerprint density at radius 3 is 1.50 bits per heavy atom. The molecule has 0 bridgehead atoms. The smallest absolute Gasteiger partial charge is 0.115 e. The standard InChI is InChI=1S/C10H9F4/c11-3-7-1-8(4-12)10(6-14)2-9(7)5-13/h1H,3-6H2. The van der Waals surface area contributed by atoms with Crippen molar-refractivity contribution in [1.29, 1.82) is 0 Å². The van der Waals surface area contributed by atoms with Gasteiger partial charge in [0.25, 0.3) is 0 Å². The van der Waals surface area contributed by atoms with E-state index in [2.05, 4.69) is 6.07 Å². The van der Waals surface area contributed by atoms with Gasteiger partial charge in [0.2, 0.25) is 0 Å². The van der Waals surface area contributed by atoms with Gasteiger partial charge in [0.05, 0.1) is 0 Å². The van der Waals surface area contributed by atoms with Crippen LogP contribution in [0, 0.1) is 6.07 Å². The Morgan fingerprint density at radius 2 is 1.21 bits per heavy atom. The van der Waals surface area contributed by atoms with E-state index in [1.807, 2.05) is 0 Å². The van der Waals surface area contributed by atoms with Crippen molar-refractivity contribution < 1.29 is 17.6 Å². The molecule has 0 N–H and O–H groups in total. The zero-order valence-electron chi connectivity index (χ0n) is 7.42. The summed E-state index contributed by atoms with van der Waals surface area (Å²) < 4.78 is 49.3. The Kier molecular flexibility index (Phi) is 3.92. The molecular formula is C10H9F4. The van der Waals surface area contributed by atoms with Crippen LogP contribution in [0.5, 0.6) is 0 Å². The van der Waals surface area contributed by atoms with Gasteiger partial charge in [-0.3, -0.25) is 0 Å². The van der Waals surface area contributed by atoms with Gasteiger partial charge in [-0.2, -0.15) is 0 Å². The van der Waals surface area contributed by atoms with Gasteiger partial charge in [0, 0.05) is 0 Å². The van der Waals surface area contributed by atoms with Crippen LogP contribution in [0.2, 0.25) is 0 Å². The maximum Gasteiger partial charge on any atom is 0.115 e. The molecule has 1 radical (unpaired) electrons. The SMILES string of the molecule is FCc1[c]c(CF)c(CF)cc1CF. The lowest BCUT2D eigenvalue weighted by Crippen LogP contribution is -1.98. The highest BCUT2D eigenvalue weighted by Gasteiger charge is 2.10. The van der Waals surface area contributed by atoms with Gasteiger partial charge in [-0.15, -0.1) is 0 Å². The fraction of sp³-hybridized carbons (Fsp3) is 0.400. The van der Waals surface area contributed by atoms with Crippen LogP contribution in [0.25, 0.3) is 0 Å². The molecule has 1 aromatic carbocycles. The molecule has 0 aliphatic rings. The highest BCUT2D eigenvalue weighted by molar-refractivity contribution is 5.36. The molecule has 14 heavy (non-hydrogen) atoms. The predicted octanol–water partition coefficient (Wildman–Crippen LogP) is 3.36. The molecule has 0 aromatic heterocycles. The van der Waals surface area contributed by atoms with Crippen molar-refractivity contribution in [2.75, 3.05) is 0 Å². The Hall–Kier alpha value is -1.06. The first-order chi connectivity index (χ1) is 6.76. The number of hydrogen-bond acceptors (Lipinski definition) is 0. The molecule has 0 fully saturated rings. The fourth-order valence-corrected chi connectivity index (χ4v) is 1.20. The molecule has 0 atom stereocenters. The normalized spacial score (nSPS) is 10.6. The van der Waals surface area contributed by atoms with Crippen LogP contribution in [0.4, 0.5) is 17.6 Å². The molecule has 0 nitrogen and oxygen atoms in total. The molecule has 0 aliphatic heterocycles. The van der Waals surface area contributed by atoms with Crippen molar-refractivity contribution in [1.82, 2.24) is 0 Å². The van der Waals surface area contributed by atoms with E-state index in [1.165, 1.54) is 0 Å². The number of hydrogen-bond donors (Lipinski definition) is 0. The maximum absolute atomic E-state index is 12.3. The third-order valence-corrected chi connectivity index (χ3v) is 1.98. The van der Waals surface area contributed by atoms with Gasteiger partial charge in [-0.05, 0) is 34.4 Å². The van der Waals surface area contributed by atoms with Gasteiger partial charge in [0.1, 0.15) is 26.7 Å². The lowest BCUT2D eigenvalue weighted by Gasteiger charge is -2.08. The fourth-order valence-electron chi connectivity index (χ4n) is 1.20. The summed E-state index contributed by atoms with van der Waals surface area (Å²) in [6.07, 6.45) is 0. The number of benzene rings is 1. The Balaban J connectivity index is 3.20. The molecule has 1 rings (SSSR count). The second-order valence-corrected chi connectivity index (χ2v) is 2.81. The number of alkyl halides is 4. The van der Waals surface area contributed by atoms with E-state index in [4.69, 9.17) is 0 Å². The van der Waals surface area contributed by atoms with E-state index in [0.717, 1.165) is 6.07 Å². The summed E-state index contributed by atoms with van der Waals surface area (Å²) in [5.74, 6) is 0. The summed E-state index contributed by atoms with van der Waals surface area (Å²) in [6, 6.07) is 3.51. The molecule has 0 amide bonds. The van der Waals surface area contributed by atoms with Crippen molar-refractivity contribution in [3.05, 3.63) is 34.4 Å². The Labute approximate surface area is 79.6 Å². The largest absolute Gasteiger partial charge is 0.246 e. The molecule has 4 heteroatoms. The van der Waals surface area contributed by atoms with Crippen LogP contribution in [-0.4, -0.2) is 0 Å². The minimum atomic E-state index is -0.918. The van der Waals surface area contributed by atoms with Crippen LogP contribution in [0.1, 0.15) is 22.3 Å². The van der Waals surface area contributed by atoms with Gasteiger partial charge in [0.15, 0.2) is 0 Å². The average Bonchev–Trinajstić information content (AvgIpc) is 2.26. The quantitative estimate of drug-likeness (QED) is 0.661. The molecule has 0 saturated carbocycles. The van der Waals surface area contributed by atoms with Crippen LogP contribution >= 0.6 is 0 Å². The first-order valence-corrected chi connectivity index (χ1v) is 4.06. The van der Waals surface area contributed by atoms with Gasteiger partial charge in [-0.1, -0.05) is 0 Å². The molecule has 1 aromatic rings. The van der Waals surface area contributed by atoms with E-state index in [1.54, 1.807) is 0 Å². The summed E-state index contributed by atoms with van der Waals surface area (Å²) >= 11 is 0. The van der Waals surface area contributed by atoms with Crippen LogP contribution < -0.4 is 0 Å². The van der Waals surface area contributed by atoms with E-state index in [-0.39, 0.29) is 22.3 Å². The summed E-state index contributed by atoms with van der Waals surface area (Å²) in [5, 5.41) is 0. The second kappa shape index (κ2) is 4.98. The first kappa shape index (κ1) is 11.0. The van der Waals surface area contributed by atoms with Gasteiger partial charge in [-0.25, -0.2) is 17.6 Å². The highest BCUT2D eigenvalue weighted by atomic mass is 19.1. The highest BCUT2D eigenvalue weighted by Crippen LogP contribution is 2.20. The predicted molar refractivity (Wildman–Crippen MR) is 44.5 cm³/mol. The zero-order valence-corrected chi connectivity index (χ0v) is 7.42. The Morgan fingerprint density at radius 1 is 0.786 bits per heavy atom. The summed E-state index contributed by atoms with van der Waals surface area (Å²) in [6.45, 7) is -3.62. The summed E-state index contributed by atoms with van der Waals surface area (Å²) in [4.78, 5) is 0. The first-order valence-electron chi connectivity index (χ1n) is 4.06. The third-order valence-electron chi connectivity index (χ3n) is 1.98. The van der Waals surface area contributed by atoms with Crippen LogP contribution in [0.15, 0.2) is 6.07 Å². The van der Waals surface area contributed by atoms with E-state index < -0.39 is 26.7 Å². The second-order valence-electron chi connectivity index (χ2n) is 2.81. The van der Waals surface area contributed by atoms with E-state index in [0.29, 0.717) is 0 Å². The maximum atomic E-state index is 12.3. The van der Waals surface area contributed by atoms with Crippen molar-refractivity contribution in [3.63, 3.8) is 0 Å². The lowest BCUT2D eigenvalue weighted by molar-refractivity contribution is 0.438.